The van der Waals surface area contributed by atoms with Gasteiger partial charge >= 0.3 is 0 Å². The Balaban J connectivity index is 1.99. The van der Waals surface area contributed by atoms with Crippen molar-refractivity contribution in [2.45, 2.75) is 52.2 Å². The summed E-state index contributed by atoms with van der Waals surface area (Å²) in [5.41, 5.74) is 2.73. The molecule has 5 heteroatoms. The molecule has 22 heavy (non-hydrogen) atoms. The normalized spacial score (nSPS) is 15.3. The van der Waals surface area contributed by atoms with E-state index in [1.165, 1.54) is 6.42 Å². The molecule has 3 rings (SSSR count). The number of anilines is 1. The molecule has 0 saturated heterocycles. The van der Waals surface area contributed by atoms with Crippen molar-refractivity contribution in [1.29, 1.82) is 0 Å². The highest BCUT2D eigenvalue weighted by molar-refractivity contribution is 5.91. The molecule has 0 spiro atoms. The molecule has 0 unspecified atom stereocenters. The molecule has 1 saturated carbocycles. The molecule has 0 bridgehead atoms. The molecule has 2 N–H and O–H groups in total. The lowest BCUT2D eigenvalue weighted by Crippen LogP contribution is -2.22. The van der Waals surface area contributed by atoms with Crippen molar-refractivity contribution in [2.75, 3.05) is 5.32 Å². The average molecular weight is 301 g/mol. The molecule has 1 aliphatic carbocycles. The summed E-state index contributed by atoms with van der Waals surface area (Å²) in [5, 5.41) is 12.3. The Labute approximate surface area is 130 Å². The maximum Gasteiger partial charge on any atom is 0.226 e. The van der Waals surface area contributed by atoms with Gasteiger partial charge in [0.1, 0.15) is 0 Å². The third-order valence-electron chi connectivity index (χ3n) is 4.22. The summed E-state index contributed by atoms with van der Waals surface area (Å²) in [4.78, 5) is 16.7. The molecule has 0 atom stereocenters. The van der Waals surface area contributed by atoms with Gasteiger partial charge in [-0.15, -0.1) is 0 Å². The van der Waals surface area contributed by atoms with Crippen LogP contribution in [0.2, 0.25) is 0 Å². The molecule has 1 aromatic heterocycles. The van der Waals surface area contributed by atoms with E-state index in [1.807, 2.05) is 32.0 Å². The van der Waals surface area contributed by atoms with E-state index in [1.54, 1.807) is 0 Å². The van der Waals surface area contributed by atoms with E-state index < -0.39 is 0 Å². The van der Waals surface area contributed by atoms with Crippen molar-refractivity contribution < 1.29 is 9.90 Å². The van der Waals surface area contributed by atoms with Gasteiger partial charge < -0.3 is 9.67 Å². The fraction of sp³-hybridized carbons (Fsp3) is 0.529. The standard InChI is InChI=1S/C17H23N3O2/c1-11(2)8-16(22)19-17-18-14-7-6-12(10-21)9-15(14)20(17)13-4-3-5-13/h6-7,9,11,13,21H,3-5,8,10H2,1-2H3,(H,18,19,22). The number of carbonyl (C=O) groups is 1. The minimum Gasteiger partial charge on any atom is -0.392 e. The monoisotopic (exact) mass is 301 g/mol. The largest absolute Gasteiger partial charge is 0.392 e. The number of rotatable bonds is 5. The summed E-state index contributed by atoms with van der Waals surface area (Å²) in [6.07, 6.45) is 3.93. The third-order valence-corrected chi connectivity index (χ3v) is 4.22. The number of aliphatic hydroxyl groups excluding tert-OH is 1. The van der Waals surface area contributed by atoms with E-state index in [-0.39, 0.29) is 12.5 Å². The van der Waals surface area contributed by atoms with Gasteiger partial charge in [-0.25, -0.2) is 4.98 Å². The zero-order valence-corrected chi connectivity index (χ0v) is 13.2. The van der Waals surface area contributed by atoms with Crippen molar-refractivity contribution in [3.05, 3.63) is 23.8 Å². The summed E-state index contributed by atoms with van der Waals surface area (Å²) in [6.45, 7) is 4.07. The number of imidazole rings is 1. The highest BCUT2D eigenvalue weighted by atomic mass is 16.3. The lowest BCUT2D eigenvalue weighted by Gasteiger charge is -2.29. The molecular formula is C17H23N3O2. The second-order valence-corrected chi connectivity index (χ2v) is 6.52. The lowest BCUT2D eigenvalue weighted by molar-refractivity contribution is -0.116. The Bertz CT molecular complexity index is 687. The molecular weight excluding hydrogens is 278 g/mol. The van der Waals surface area contributed by atoms with Crippen LogP contribution in [0.4, 0.5) is 5.95 Å². The molecule has 0 radical (unpaired) electrons. The van der Waals surface area contributed by atoms with Crippen LogP contribution >= 0.6 is 0 Å². The van der Waals surface area contributed by atoms with E-state index >= 15 is 0 Å². The van der Waals surface area contributed by atoms with Gasteiger partial charge in [0.2, 0.25) is 11.9 Å². The second kappa shape index (κ2) is 6.08. The van der Waals surface area contributed by atoms with Gasteiger partial charge in [-0.05, 0) is 42.9 Å². The number of fused-ring (bicyclic) bond motifs is 1. The van der Waals surface area contributed by atoms with Gasteiger partial charge in [0, 0.05) is 12.5 Å². The van der Waals surface area contributed by atoms with Gasteiger partial charge in [0.05, 0.1) is 17.6 Å². The van der Waals surface area contributed by atoms with Crippen LogP contribution in [0.15, 0.2) is 18.2 Å². The van der Waals surface area contributed by atoms with Crippen LogP contribution < -0.4 is 5.32 Å². The molecule has 0 aliphatic heterocycles. The second-order valence-electron chi connectivity index (χ2n) is 6.52. The predicted molar refractivity (Wildman–Crippen MR) is 86.6 cm³/mol. The summed E-state index contributed by atoms with van der Waals surface area (Å²) >= 11 is 0. The number of hydrogen-bond acceptors (Lipinski definition) is 3. The van der Waals surface area contributed by atoms with Crippen LogP contribution in [0.25, 0.3) is 11.0 Å². The minimum absolute atomic E-state index is 0.00765. The van der Waals surface area contributed by atoms with Crippen molar-refractivity contribution in [1.82, 2.24) is 9.55 Å². The fourth-order valence-corrected chi connectivity index (χ4v) is 2.89. The topological polar surface area (TPSA) is 67.2 Å². The molecule has 1 aliphatic rings. The van der Waals surface area contributed by atoms with E-state index in [0.29, 0.717) is 24.3 Å². The van der Waals surface area contributed by atoms with Crippen LogP contribution in [-0.2, 0) is 11.4 Å². The van der Waals surface area contributed by atoms with E-state index in [4.69, 9.17) is 0 Å². The SMILES string of the molecule is CC(C)CC(=O)Nc1nc2ccc(CO)cc2n1C1CCC1. The summed E-state index contributed by atoms with van der Waals surface area (Å²) in [7, 11) is 0. The Morgan fingerprint density at radius 2 is 2.23 bits per heavy atom. The summed E-state index contributed by atoms with van der Waals surface area (Å²) < 4.78 is 2.14. The van der Waals surface area contributed by atoms with Crippen LogP contribution in [0.3, 0.4) is 0 Å². The van der Waals surface area contributed by atoms with Gasteiger partial charge in [-0.3, -0.25) is 10.1 Å². The molecule has 1 aromatic carbocycles. The zero-order chi connectivity index (χ0) is 15.7. The third kappa shape index (κ3) is 2.86. The Morgan fingerprint density at radius 1 is 1.45 bits per heavy atom. The molecule has 1 amide bonds. The van der Waals surface area contributed by atoms with Crippen LogP contribution in [0.5, 0.6) is 0 Å². The number of aliphatic hydroxyl groups is 1. The molecule has 1 fully saturated rings. The number of nitrogens with one attached hydrogen (secondary N) is 1. The number of amides is 1. The van der Waals surface area contributed by atoms with Gasteiger partial charge in [0.25, 0.3) is 0 Å². The van der Waals surface area contributed by atoms with E-state index in [2.05, 4.69) is 14.9 Å². The highest BCUT2D eigenvalue weighted by Crippen LogP contribution is 2.37. The number of aromatic nitrogens is 2. The Kier molecular flexibility index (Phi) is 4.16. The lowest BCUT2D eigenvalue weighted by atomic mass is 9.92. The van der Waals surface area contributed by atoms with Crippen molar-refractivity contribution in [3.8, 4) is 0 Å². The quantitative estimate of drug-likeness (QED) is 0.891. The van der Waals surface area contributed by atoms with Gasteiger partial charge in [0.15, 0.2) is 0 Å². The molecule has 1 heterocycles. The molecule has 5 nitrogen and oxygen atoms in total. The first-order valence-corrected chi connectivity index (χ1v) is 8.00. The number of carbonyl (C=O) groups excluding carboxylic acids is 1. The minimum atomic E-state index is 0.00765. The van der Waals surface area contributed by atoms with Crippen molar-refractivity contribution in [2.24, 2.45) is 5.92 Å². The fourth-order valence-electron chi connectivity index (χ4n) is 2.89. The van der Waals surface area contributed by atoms with E-state index in [9.17, 15) is 9.90 Å². The van der Waals surface area contributed by atoms with E-state index in [0.717, 1.165) is 29.4 Å². The summed E-state index contributed by atoms with van der Waals surface area (Å²) in [5.74, 6) is 0.969. The molecule has 118 valence electrons. The van der Waals surface area contributed by atoms with Crippen LogP contribution in [0, 0.1) is 5.92 Å². The first-order valence-electron chi connectivity index (χ1n) is 8.00. The maximum atomic E-state index is 12.1. The van der Waals surface area contributed by atoms with Gasteiger partial charge in [-0.2, -0.15) is 0 Å². The Hall–Kier alpha value is -1.88. The summed E-state index contributed by atoms with van der Waals surface area (Å²) in [6, 6.07) is 6.15. The first-order chi connectivity index (χ1) is 10.6. The first kappa shape index (κ1) is 15.0. The Morgan fingerprint density at radius 3 is 2.82 bits per heavy atom. The number of benzene rings is 1. The van der Waals surface area contributed by atoms with Crippen molar-refractivity contribution >= 4 is 22.9 Å². The molecule has 2 aromatic rings. The average Bonchev–Trinajstić information content (AvgIpc) is 2.73. The smallest absolute Gasteiger partial charge is 0.226 e. The zero-order valence-electron chi connectivity index (χ0n) is 13.2. The van der Waals surface area contributed by atoms with Crippen LogP contribution in [-0.4, -0.2) is 20.6 Å². The highest BCUT2D eigenvalue weighted by Gasteiger charge is 2.25. The van der Waals surface area contributed by atoms with Gasteiger partial charge in [-0.1, -0.05) is 19.9 Å². The van der Waals surface area contributed by atoms with Crippen molar-refractivity contribution in [3.63, 3.8) is 0 Å². The number of hydrogen-bond donors (Lipinski definition) is 2. The predicted octanol–water partition coefficient (Wildman–Crippen LogP) is 3.24. The maximum absolute atomic E-state index is 12.1. The number of nitrogens with zero attached hydrogens (tertiary/aromatic N) is 2. The van der Waals surface area contributed by atoms with Crippen LogP contribution in [0.1, 0.15) is 51.1 Å².